The first-order chi connectivity index (χ1) is 7.59. The highest BCUT2D eigenvalue weighted by Crippen LogP contribution is 2.22. The van der Waals surface area contributed by atoms with E-state index in [1.54, 1.807) is 13.0 Å². The average Bonchev–Trinajstić information content (AvgIpc) is 2.22. The highest BCUT2D eigenvalue weighted by molar-refractivity contribution is 6.42. The highest BCUT2D eigenvalue weighted by Gasteiger charge is 1.99. The lowest BCUT2D eigenvalue weighted by Gasteiger charge is -2.05. The maximum absolute atomic E-state index is 10.7. The van der Waals surface area contributed by atoms with E-state index in [0.717, 1.165) is 25.1 Å². The van der Waals surface area contributed by atoms with E-state index in [4.69, 9.17) is 23.2 Å². The van der Waals surface area contributed by atoms with Gasteiger partial charge in [0.25, 0.3) is 0 Å². The van der Waals surface area contributed by atoms with Crippen LogP contribution in [0.1, 0.15) is 25.3 Å². The van der Waals surface area contributed by atoms with Crippen molar-refractivity contribution in [2.24, 2.45) is 0 Å². The number of carbonyl (C=O) groups excluding carboxylic acids is 1. The Morgan fingerprint density at radius 1 is 1.31 bits per heavy atom. The third kappa shape index (κ3) is 4.97. The fourth-order valence-corrected chi connectivity index (χ4v) is 1.67. The zero-order chi connectivity index (χ0) is 12.0. The van der Waals surface area contributed by atoms with Gasteiger partial charge in [0.1, 0.15) is 5.78 Å². The van der Waals surface area contributed by atoms with E-state index in [0.29, 0.717) is 16.5 Å². The van der Waals surface area contributed by atoms with E-state index in [1.807, 2.05) is 12.1 Å². The molecular formula is C12H15Cl2NO. The van der Waals surface area contributed by atoms with Crippen LogP contribution in [0.5, 0.6) is 0 Å². The van der Waals surface area contributed by atoms with Crippen LogP contribution in [0, 0.1) is 0 Å². The number of hydrogen-bond donors (Lipinski definition) is 1. The summed E-state index contributed by atoms with van der Waals surface area (Å²) >= 11 is 11.7. The predicted molar refractivity (Wildman–Crippen MR) is 68.1 cm³/mol. The maximum atomic E-state index is 10.7. The first-order valence-corrected chi connectivity index (χ1v) is 5.99. The summed E-state index contributed by atoms with van der Waals surface area (Å²) in [5, 5.41) is 4.39. The molecule has 0 bridgehead atoms. The molecule has 4 heteroatoms. The van der Waals surface area contributed by atoms with Crippen molar-refractivity contribution in [1.82, 2.24) is 5.32 Å². The normalized spacial score (nSPS) is 10.4. The van der Waals surface area contributed by atoms with Gasteiger partial charge >= 0.3 is 0 Å². The quantitative estimate of drug-likeness (QED) is 0.794. The van der Waals surface area contributed by atoms with E-state index in [-0.39, 0.29) is 5.78 Å². The summed E-state index contributed by atoms with van der Waals surface area (Å²) in [4.78, 5) is 10.7. The molecule has 16 heavy (non-hydrogen) atoms. The van der Waals surface area contributed by atoms with Crippen molar-refractivity contribution >= 4 is 29.0 Å². The Bertz CT molecular complexity index is 366. The molecular weight excluding hydrogens is 245 g/mol. The lowest BCUT2D eigenvalue weighted by atomic mass is 10.2. The Morgan fingerprint density at radius 2 is 2.06 bits per heavy atom. The minimum atomic E-state index is 0.233. The van der Waals surface area contributed by atoms with Crippen molar-refractivity contribution in [3.8, 4) is 0 Å². The average molecular weight is 260 g/mol. The Morgan fingerprint density at radius 3 is 2.69 bits per heavy atom. The maximum Gasteiger partial charge on any atom is 0.129 e. The monoisotopic (exact) mass is 259 g/mol. The number of ketones is 1. The molecule has 0 radical (unpaired) electrons. The minimum absolute atomic E-state index is 0.233. The van der Waals surface area contributed by atoms with Crippen LogP contribution < -0.4 is 5.32 Å². The zero-order valence-electron chi connectivity index (χ0n) is 9.22. The Hall–Kier alpha value is -0.570. The van der Waals surface area contributed by atoms with Crippen molar-refractivity contribution in [3.63, 3.8) is 0 Å². The molecule has 0 saturated heterocycles. The van der Waals surface area contributed by atoms with Gasteiger partial charge in [0.05, 0.1) is 10.0 Å². The number of benzene rings is 1. The molecule has 0 saturated carbocycles. The van der Waals surface area contributed by atoms with Crippen molar-refractivity contribution in [2.45, 2.75) is 26.3 Å². The molecule has 0 aliphatic heterocycles. The van der Waals surface area contributed by atoms with Gasteiger partial charge in [-0.05, 0) is 37.6 Å². The van der Waals surface area contributed by atoms with Crippen LogP contribution in [-0.4, -0.2) is 12.3 Å². The van der Waals surface area contributed by atoms with Crippen molar-refractivity contribution in [2.75, 3.05) is 6.54 Å². The first-order valence-electron chi connectivity index (χ1n) is 5.23. The summed E-state index contributed by atoms with van der Waals surface area (Å²) < 4.78 is 0. The summed E-state index contributed by atoms with van der Waals surface area (Å²) in [6.45, 7) is 3.19. The van der Waals surface area contributed by atoms with Crippen molar-refractivity contribution < 1.29 is 4.79 Å². The van der Waals surface area contributed by atoms with E-state index in [2.05, 4.69) is 5.32 Å². The third-order valence-corrected chi connectivity index (χ3v) is 2.93. The Labute approximate surface area is 106 Å². The molecule has 0 aliphatic rings. The minimum Gasteiger partial charge on any atom is -0.313 e. The van der Waals surface area contributed by atoms with Gasteiger partial charge in [0, 0.05) is 13.0 Å². The molecule has 0 atom stereocenters. The summed E-state index contributed by atoms with van der Waals surface area (Å²) in [6.07, 6.45) is 1.50. The second kappa shape index (κ2) is 6.89. The zero-order valence-corrected chi connectivity index (χ0v) is 10.7. The van der Waals surface area contributed by atoms with Gasteiger partial charge in [-0.1, -0.05) is 29.3 Å². The molecule has 88 valence electrons. The van der Waals surface area contributed by atoms with E-state index >= 15 is 0 Å². The van der Waals surface area contributed by atoms with Crippen LogP contribution >= 0.6 is 23.2 Å². The van der Waals surface area contributed by atoms with Crippen LogP contribution in [-0.2, 0) is 11.3 Å². The standard InChI is InChI=1S/C12H15Cl2NO/c1-9(16)3-2-6-15-8-10-4-5-11(13)12(14)7-10/h4-5,7,15H,2-3,6,8H2,1H3. The van der Waals surface area contributed by atoms with Crippen LogP contribution in [0.15, 0.2) is 18.2 Å². The Kier molecular flexibility index (Phi) is 5.81. The summed E-state index contributed by atoms with van der Waals surface area (Å²) in [5.41, 5.74) is 1.09. The van der Waals surface area contributed by atoms with Gasteiger partial charge in [-0.15, -0.1) is 0 Å². The molecule has 0 fully saturated rings. The summed E-state index contributed by atoms with van der Waals surface area (Å²) in [5.74, 6) is 0.233. The largest absolute Gasteiger partial charge is 0.313 e. The smallest absolute Gasteiger partial charge is 0.129 e. The first kappa shape index (κ1) is 13.5. The lowest BCUT2D eigenvalue weighted by molar-refractivity contribution is -0.117. The number of hydrogen-bond acceptors (Lipinski definition) is 2. The van der Waals surface area contributed by atoms with Crippen LogP contribution in [0.25, 0.3) is 0 Å². The highest BCUT2D eigenvalue weighted by atomic mass is 35.5. The van der Waals surface area contributed by atoms with Gasteiger partial charge < -0.3 is 10.1 Å². The van der Waals surface area contributed by atoms with Crippen LogP contribution in [0.2, 0.25) is 10.0 Å². The van der Waals surface area contributed by atoms with Gasteiger partial charge in [0.15, 0.2) is 0 Å². The second-order valence-electron chi connectivity index (χ2n) is 3.73. The molecule has 0 amide bonds. The number of Topliss-reactive ketones (excluding diaryl/α,β-unsaturated/α-hetero) is 1. The predicted octanol–water partition coefficient (Wildman–Crippen LogP) is 3.45. The molecule has 1 N–H and O–H groups in total. The molecule has 1 rings (SSSR count). The van der Waals surface area contributed by atoms with E-state index in [1.165, 1.54) is 0 Å². The molecule has 0 heterocycles. The third-order valence-electron chi connectivity index (χ3n) is 2.20. The number of nitrogens with one attached hydrogen (secondary N) is 1. The molecule has 1 aromatic rings. The SMILES string of the molecule is CC(=O)CCCNCc1ccc(Cl)c(Cl)c1. The molecule has 1 aromatic carbocycles. The molecule has 0 aliphatic carbocycles. The second-order valence-corrected chi connectivity index (χ2v) is 4.55. The van der Waals surface area contributed by atoms with Gasteiger partial charge in [0.2, 0.25) is 0 Å². The van der Waals surface area contributed by atoms with Crippen LogP contribution in [0.4, 0.5) is 0 Å². The van der Waals surface area contributed by atoms with Crippen LogP contribution in [0.3, 0.4) is 0 Å². The number of rotatable bonds is 6. The van der Waals surface area contributed by atoms with Crippen molar-refractivity contribution in [1.29, 1.82) is 0 Å². The lowest BCUT2D eigenvalue weighted by Crippen LogP contribution is -2.15. The molecule has 0 spiro atoms. The van der Waals surface area contributed by atoms with E-state index in [9.17, 15) is 4.79 Å². The number of halogens is 2. The van der Waals surface area contributed by atoms with Gasteiger partial charge in [-0.3, -0.25) is 0 Å². The van der Waals surface area contributed by atoms with E-state index < -0.39 is 0 Å². The topological polar surface area (TPSA) is 29.1 Å². The molecule has 0 unspecified atom stereocenters. The molecule has 0 aromatic heterocycles. The Balaban J connectivity index is 2.27. The fourth-order valence-electron chi connectivity index (χ4n) is 1.34. The fraction of sp³-hybridized carbons (Fsp3) is 0.417. The van der Waals surface area contributed by atoms with Gasteiger partial charge in [-0.2, -0.15) is 0 Å². The summed E-state index contributed by atoms with van der Waals surface area (Å²) in [7, 11) is 0. The summed E-state index contributed by atoms with van der Waals surface area (Å²) in [6, 6.07) is 5.57. The van der Waals surface area contributed by atoms with Crippen molar-refractivity contribution in [3.05, 3.63) is 33.8 Å². The molecule has 2 nitrogen and oxygen atoms in total. The van der Waals surface area contributed by atoms with Gasteiger partial charge in [-0.25, -0.2) is 0 Å². The number of carbonyl (C=O) groups is 1.